The van der Waals surface area contributed by atoms with E-state index in [9.17, 15) is 5.11 Å². The molecule has 2 N–H and O–H groups in total. The average molecular weight is 229 g/mol. The molecule has 1 atom stereocenters. The summed E-state index contributed by atoms with van der Waals surface area (Å²) in [5.74, 6) is 0. The van der Waals surface area contributed by atoms with Crippen molar-refractivity contribution < 1.29 is 5.11 Å². The van der Waals surface area contributed by atoms with Crippen molar-refractivity contribution in [2.24, 2.45) is 0 Å². The highest BCUT2D eigenvalue weighted by molar-refractivity contribution is 4.69. The predicted molar refractivity (Wildman–Crippen MR) is 71.8 cm³/mol. The van der Waals surface area contributed by atoms with Crippen LogP contribution in [0.25, 0.3) is 0 Å². The Morgan fingerprint density at radius 1 is 1.00 bits per heavy atom. The molecule has 0 spiro atoms. The summed E-state index contributed by atoms with van der Waals surface area (Å²) in [6.45, 7) is 9.82. The summed E-state index contributed by atoms with van der Waals surface area (Å²) in [5, 5.41) is 13.2. The lowest BCUT2D eigenvalue weighted by molar-refractivity contribution is 0.147. The number of unbranched alkanes of at least 4 members (excludes halogenated alkanes) is 3. The molecular formula is C14H31NO. The van der Waals surface area contributed by atoms with Gasteiger partial charge in [-0.25, -0.2) is 0 Å². The second kappa shape index (κ2) is 9.00. The Bertz CT molecular complexity index is 151. The van der Waals surface area contributed by atoms with Crippen LogP contribution in [0.5, 0.6) is 0 Å². The fourth-order valence-corrected chi connectivity index (χ4v) is 1.74. The summed E-state index contributed by atoms with van der Waals surface area (Å²) >= 11 is 0. The molecule has 98 valence electrons. The van der Waals surface area contributed by atoms with Crippen LogP contribution in [0.4, 0.5) is 0 Å². The molecule has 0 fully saturated rings. The third-order valence-electron chi connectivity index (χ3n) is 2.76. The van der Waals surface area contributed by atoms with E-state index in [0.717, 1.165) is 25.8 Å². The Kier molecular flexibility index (Phi) is 8.96. The normalized spacial score (nSPS) is 14.1. The SMILES string of the molecule is CCCCC[C@@H](O)CCCCNC(C)(C)C. The molecule has 2 nitrogen and oxygen atoms in total. The lowest BCUT2D eigenvalue weighted by atomic mass is 10.0. The van der Waals surface area contributed by atoms with E-state index in [1.54, 1.807) is 0 Å². The zero-order chi connectivity index (χ0) is 12.4. The number of nitrogens with one attached hydrogen (secondary N) is 1. The van der Waals surface area contributed by atoms with Gasteiger partial charge in [-0.2, -0.15) is 0 Å². The molecule has 16 heavy (non-hydrogen) atoms. The standard InChI is InChI=1S/C14H31NO/c1-5-6-7-10-13(16)11-8-9-12-15-14(2,3)4/h13,15-16H,5-12H2,1-4H3/t13-/m1/s1. The summed E-state index contributed by atoms with van der Waals surface area (Å²) < 4.78 is 0. The predicted octanol–water partition coefficient (Wildman–Crippen LogP) is 3.49. The third-order valence-corrected chi connectivity index (χ3v) is 2.76. The summed E-state index contributed by atoms with van der Waals surface area (Å²) in [7, 11) is 0. The Morgan fingerprint density at radius 2 is 1.56 bits per heavy atom. The van der Waals surface area contributed by atoms with Crippen LogP contribution < -0.4 is 5.32 Å². The molecule has 0 aromatic heterocycles. The molecule has 0 rings (SSSR count). The van der Waals surface area contributed by atoms with Gasteiger partial charge in [0.15, 0.2) is 0 Å². The monoisotopic (exact) mass is 229 g/mol. The average Bonchev–Trinajstić information content (AvgIpc) is 2.16. The van der Waals surface area contributed by atoms with E-state index in [0.29, 0.717) is 0 Å². The van der Waals surface area contributed by atoms with Crippen LogP contribution in [0.2, 0.25) is 0 Å². The van der Waals surface area contributed by atoms with E-state index in [2.05, 4.69) is 33.0 Å². The first-order chi connectivity index (χ1) is 7.45. The van der Waals surface area contributed by atoms with Gasteiger partial charge >= 0.3 is 0 Å². The zero-order valence-corrected chi connectivity index (χ0v) is 11.7. The van der Waals surface area contributed by atoms with Crippen LogP contribution in [0.1, 0.15) is 72.6 Å². The minimum atomic E-state index is -0.0683. The van der Waals surface area contributed by atoms with Crippen molar-refractivity contribution in [1.29, 1.82) is 0 Å². The maximum atomic E-state index is 9.71. The van der Waals surface area contributed by atoms with Gasteiger partial charge in [0.25, 0.3) is 0 Å². The lowest BCUT2D eigenvalue weighted by Gasteiger charge is -2.20. The van der Waals surface area contributed by atoms with Gasteiger partial charge in [0.2, 0.25) is 0 Å². The van der Waals surface area contributed by atoms with E-state index in [-0.39, 0.29) is 11.6 Å². The van der Waals surface area contributed by atoms with Gasteiger partial charge in [0, 0.05) is 5.54 Å². The largest absolute Gasteiger partial charge is 0.393 e. The molecule has 0 aromatic rings. The summed E-state index contributed by atoms with van der Waals surface area (Å²) in [6, 6.07) is 0. The molecule has 2 heteroatoms. The molecule has 0 saturated carbocycles. The van der Waals surface area contributed by atoms with E-state index in [4.69, 9.17) is 0 Å². The first kappa shape index (κ1) is 15.9. The Labute approximate surface area is 102 Å². The van der Waals surface area contributed by atoms with Crippen molar-refractivity contribution in [3.05, 3.63) is 0 Å². The van der Waals surface area contributed by atoms with Gasteiger partial charge in [-0.1, -0.05) is 26.2 Å². The van der Waals surface area contributed by atoms with Crippen LogP contribution in [0.15, 0.2) is 0 Å². The molecule has 0 saturated heterocycles. The topological polar surface area (TPSA) is 32.3 Å². The van der Waals surface area contributed by atoms with Crippen molar-refractivity contribution in [2.45, 2.75) is 84.3 Å². The van der Waals surface area contributed by atoms with Crippen LogP contribution in [-0.4, -0.2) is 23.3 Å². The van der Waals surface area contributed by atoms with E-state index >= 15 is 0 Å². The maximum Gasteiger partial charge on any atom is 0.0540 e. The molecule has 0 aromatic carbocycles. The van der Waals surface area contributed by atoms with E-state index in [1.165, 1.54) is 25.7 Å². The maximum absolute atomic E-state index is 9.71. The van der Waals surface area contributed by atoms with E-state index < -0.39 is 0 Å². The van der Waals surface area contributed by atoms with Crippen LogP contribution >= 0.6 is 0 Å². The van der Waals surface area contributed by atoms with Gasteiger partial charge in [-0.15, -0.1) is 0 Å². The second-order valence-corrected chi connectivity index (χ2v) is 5.82. The Balaban J connectivity index is 3.24. The molecule has 0 radical (unpaired) electrons. The zero-order valence-electron chi connectivity index (χ0n) is 11.7. The molecular weight excluding hydrogens is 198 g/mol. The number of aliphatic hydroxyl groups excluding tert-OH is 1. The molecule has 0 aliphatic heterocycles. The van der Waals surface area contributed by atoms with Crippen molar-refractivity contribution in [3.8, 4) is 0 Å². The van der Waals surface area contributed by atoms with Crippen molar-refractivity contribution in [3.63, 3.8) is 0 Å². The smallest absolute Gasteiger partial charge is 0.0540 e. The fourth-order valence-electron chi connectivity index (χ4n) is 1.74. The van der Waals surface area contributed by atoms with E-state index in [1.807, 2.05) is 0 Å². The summed E-state index contributed by atoms with van der Waals surface area (Å²) in [4.78, 5) is 0. The molecule has 0 heterocycles. The van der Waals surface area contributed by atoms with Crippen molar-refractivity contribution in [2.75, 3.05) is 6.54 Å². The van der Waals surface area contributed by atoms with Crippen molar-refractivity contribution >= 4 is 0 Å². The number of hydrogen-bond acceptors (Lipinski definition) is 2. The first-order valence-electron chi connectivity index (χ1n) is 6.89. The third kappa shape index (κ3) is 12.0. The Hall–Kier alpha value is -0.0800. The number of aliphatic hydroxyl groups is 1. The quantitative estimate of drug-likeness (QED) is 0.593. The van der Waals surface area contributed by atoms with Crippen LogP contribution in [-0.2, 0) is 0 Å². The van der Waals surface area contributed by atoms with Crippen LogP contribution in [0.3, 0.4) is 0 Å². The first-order valence-corrected chi connectivity index (χ1v) is 6.89. The van der Waals surface area contributed by atoms with Gasteiger partial charge in [-0.3, -0.25) is 0 Å². The molecule has 0 bridgehead atoms. The number of hydrogen-bond donors (Lipinski definition) is 2. The minimum absolute atomic E-state index is 0.0683. The summed E-state index contributed by atoms with van der Waals surface area (Å²) in [5.41, 5.74) is 0.222. The molecule has 0 unspecified atom stereocenters. The van der Waals surface area contributed by atoms with Gasteiger partial charge in [0.05, 0.1) is 6.10 Å². The van der Waals surface area contributed by atoms with Crippen LogP contribution in [0, 0.1) is 0 Å². The molecule has 0 aliphatic rings. The van der Waals surface area contributed by atoms with Gasteiger partial charge in [0.1, 0.15) is 0 Å². The molecule has 0 amide bonds. The Morgan fingerprint density at radius 3 is 2.06 bits per heavy atom. The highest BCUT2D eigenvalue weighted by Crippen LogP contribution is 2.09. The highest BCUT2D eigenvalue weighted by atomic mass is 16.3. The lowest BCUT2D eigenvalue weighted by Crippen LogP contribution is -2.36. The van der Waals surface area contributed by atoms with Gasteiger partial charge < -0.3 is 10.4 Å². The van der Waals surface area contributed by atoms with Crippen molar-refractivity contribution in [1.82, 2.24) is 5.32 Å². The highest BCUT2D eigenvalue weighted by Gasteiger charge is 2.08. The summed E-state index contributed by atoms with van der Waals surface area (Å²) in [6.07, 6.45) is 7.86. The fraction of sp³-hybridized carbons (Fsp3) is 1.00. The second-order valence-electron chi connectivity index (χ2n) is 5.82. The minimum Gasteiger partial charge on any atom is -0.393 e. The molecule has 0 aliphatic carbocycles. The number of rotatable bonds is 9. The van der Waals surface area contributed by atoms with Gasteiger partial charge in [-0.05, 0) is 53.0 Å².